The van der Waals surface area contributed by atoms with Crippen molar-refractivity contribution in [2.45, 2.75) is 13.8 Å². The lowest BCUT2D eigenvalue weighted by Gasteiger charge is -2.24. The number of anilines is 2. The molecule has 0 spiro atoms. The average molecular weight is 326 g/mol. The molecule has 1 aromatic carbocycles. The Morgan fingerprint density at radius 3 is 2.67 bits per heavy atom. The van der Waals surface area contributed by atoms with Gasteiger partial charge in [0.25, 0.3) is 0 Å². The summed E-state index contributed by atoms with van der Waals surface area (Å²) in [4.78, 5) is 6.58. The topological polar surface area (TPSA) is 16.1 Å². The number of aromatic nitrogens is 1. The number of aryl methyl sites for hydroxylation is 1. The Morgan fingerprint density at radius 2 is 2.06 bits per heavy atom. The molecule has 0 aliphatic heterocycles. The average Bonchev–Trinajstić information content (AvgIpc) is 2.34. The van der Waals surface area contributed by atoms with Crippen LogP contribution in [0, 0.1) is 6.92 Å². The van der Waals surface area contributed by atoms with Gasteiger partial charge in [-0.05, 0) is 47.5 Å². The number of para-hydroxylation sites is 1. The van der Waals surface area contributed by atoms with Crippen LogP contribution in [0.3, 0.4) is 0 Å². The monoisotopic (exact) mass is 324 g/mol. The quantitative estimate of drug-likeness (QED) is 0.792. The van der Waals surface area contributed by atoms with Crippen molar-refractivity contribution in [1.82, 2.24) is 4.98 Å². The standard InChI is InChI=1S/C14H14BrClN2/c1-3-18(13-7-5-4-6-10(13)2)14-12(15)8-11(16)9-17-14/h4-9H,3H2,1-2H3. The van der Waals surface area contributed by atoms with Crippen molar-refractivity contribution in [1.29, 1.82) is 0 Å². The molecule has 0 atom stereocenters. The van der Waals surface area contributed by atoms with Gasteiger partial charge in [0.2, 0.25) is 0 Å². The van der Waals surface area contributed by atoms with Gasteiger partial charge in [-0.15, -0.1) is 0 Å². The molecule has 94 valence electrons. The molecule has 0 unspecified atom stereocenters. The van der Waals surface area contributed by atoms with E-state index >= 15 is 0 Å². The van der Waals surface area contributed by atoms with Gasteiger partial charge in [0.1, 0.15) is 5.82 Å². The van der Waals surface area contributed by atoms with Crippen LogP contribution in [0.15, 0.2) is 41.0 Å². The van der Waals surface area contributed by atoms with Gasteiger partial charge >= 0.3 is 0 Å². The van der Waals surface area contributed by atoms with Crippen LogP contribution in [0.2, 0.25) is 5.02 Å². The maximum absolute atomic E-state index is 5.93. The number of halogens is 2. The number of rotatable bonds is 3. The molecule has 1 aromatic heterocycles. The minimum Gasteiger partial charge on any atom is -0.325 e. The van der Waals surface area contributed by atoms with E-state index in [4.69, 9.17) is 11.6 Å². The third-order valence-electron chi connectivity index (χ3n) is 2.77. The number of benzene rings is 1. The highest BCUT2D eigenvalue weighted by atomic mass is 79.9. The first-order valence-corrected chi connectivity index (χ1v) is 6.94. The summed E-state index contributed by atoms with van der Waals surface area (Å²) in [5, 5.41) is 0.631. The van der Waals surface area contributed by atoms with Gasteiger partial charge in [0, 0.05) is 18.4 Å². The van der Waals surface area contributed by atoms with Crippen LogP contribution in [0.25, 0.3) is 0 Å². The van der Waals surface area contributed by atoms with Crippen LogP contribution in [0.1, 0.15) is 12.5 Å². The summed E-state index contributed by atoms with van der Waals surface area (Å²) in [7, 11) is 0. The van der Waals surface area contributed by atoms with Gasteiger partial charge in [-0.3, -0.25) is 0 Å². The Hall–Kier alpha value is -1.06. The minimum absolute atomic E-state index is 0.631. The summed E-state index contributed by atoms with van der Waals surface area (Å²) in [6.45, 7) is 5.05. The lowest BCUT2D eigenvalue weighted by molar-refractivity contribution is 0.978. The molecule has 0 saturated heterocycles. The summed E-state index contributed by atoms with van der Waals surface area (Å²) >= 11 is 9.45. The van der Waals surface area contributed by atoms with Crippen LogP contribution in [0.5, 0.6) is 0 Å². The highest BCUT2D eigenvalue weighted by molar-refractivity contribution is 9.10. The van der Waals surface area contributed by atoms with E-state index in [1.54, 1.807) is 6.20 Å². The van der Waals surface area contributed by atoms with E-state index in [1.165, 1.54) is 5.56 Å². The molecule has 2 aromatic rings. The predicted molar refractivity (Wildman–Crippen MR) is 80.8 cm³/mol. The van der Waals surface area contributed by atoms with Crippen LogP contribution >= 0.6 is 27.5 Å². The fourth-order valence-electron chi connectivity index (χ4n) is 1.91. The first kappa shape index (κ1) is 13.4. The molecule has 0 aliphatic carbocycles. The van der Waals surface area contributed by atoms with Gasteiger partial charge in [-0.1, -0.05) is 29.8 Å². The molecule has 2 rings (SSSR count). The fraction of sp³-hybridized carbons (Fsp3) is 0.214. The summed E-state index contributed by atoms with van der Waals surface area (Å²) in [5.74, 6) is 0.885. The molecule has 0 aliphatic rings. The second-order valence-corrected chi connectivity index (χ2v) is 5.28. The zero-order valence-corrected chi connectivity index (χ0v) is 12.7. The van der Waals surface area contributed by atoms with Gasteiger partial charge in [-0.2, -0.15) is 0 Å². The van der Waals surface area contributed by atoms with Gasteiger partial charge in [0.15, 0.2) is 0 Å². The van der Waals surface area contributed by atoms with E-state index in [9.17, 15) is 0 Å². The van der Waals surface area contributed by atoms with Crippen molar-refractivity contribution < 1.29 is 0 Å². The van der Waals surface area contributed by atoms with Crippen molar-refractivity contribution >= 4 is 39.0 Å². The largest absolute Gasteiger partial charge is 0.325 e. The lowest BCUT2D eigenvalue weighted by Crippen LogP contribution is -2.18. The number of nitrogens with zero attached hydrogens (tertiary/aromatic N) is 2. The van der Waals surface area contributed by atoms with E-state index in [0.717, 1.165) is 22.5 Å². The molecule has 0 saturated carbocycles. The molecule has 0 bridgehead atoms. The number of hydrogen-bond acceptors (Lipinski definition) is 2. The van der Waals surface area contributed by atoms with Crippen molar-refractivity contribution in [3.63, 3.8) is 0 Å². The van der Waals surface area contributed by atoms with E-state index in [1.807, 2.05) is 18.2 Å². The van der Waals surface area contributed by atoms with Crippen molar-refractivity contribution in [3.05, 3.63) is 51.6 Å². The second-order valence-electron chi connectivity index (χ2n) is 3.99. The Kier molecular flexibility index (Phi) is 4.25. The Morgan fingerprint density at radius 1 is 1.33 bits per heavy atom. The van der Waals surface area contributed by atoms with Crippen molar-refractivity contribution in [2.75, 3.05) is 11.4 Å². The first-order valence-electron chi connectivity index (χ1n) is 5.77. The second kappa shape index (κ2) is 5.72. The van der Waals surface area contributed by atoms with E-state index in [-0.39, 0.29) is 0 Å². The molecule has 4 heteroatoms. The van der Waals surface area contributed by atoms with Crippen LogP contribution in [-0.2, 0) is 0 Å². The van der Waals surface area contributed by atoms with Crippen LogP contribution in [0.4, 0.5) is 11.5 Å². The smallest absolute Gasteiger partial charge is 0.147 e. The molecular weight excluding hydrogens is 312 g/mol. The van der Waals surface area contributed by atoms with E-state index in [0.29, 0.717) is 5.02 Å². The number of pyridine rings is 1. The minimum atomic E-state index is 0.631. The predicted octanol–water partition coefficient (Wildman–Crippen LogP) is 4.96. The van der Waals surface area contributed by atoms with Crippen LogP contribution in [-0.4, -0.2) is 11.5 Å². The maximum Gasteiger partial charge on any atom is 0.147 e. The molecular formula is C14H14BrClN2. The Balaban J connectivity index is 2.49. The fourth-order valence-corrected chi connectivity index (χ4v) is 2.76. The first-order chi connectivity index (χ1) is 8.63. The van der Waals surface area contributed by atoms with Crippen molar-refractivity contribution in [2.24, 2.45) is 0 Å². The van der Waals surface area contributed by atoms with E-state index < -0.39 is 0 Å². The third-order valence-corrected chi connectivity index (χ3v) is 3.56. The summed E-state index contributed by atoms with van der Waals surface area (Å²) in [6, 6.07) is 10.1. The molecule has 0 N–H and O–H groups in total. The molecule has 1 heterocycles. The molecule has 0 fully saturated rings. The van der Waals surface area contributed by atoms with Gasteiger partial charge < -0.3 is 4.90 Å². The van der Waals surface area contributed by atoms with E-state index in [2.05, 4.69) is 51.8 Å². The van der Waals surface area contributed by atoms with Gasteiger partial charge in [-0.25, -0.2) is 4.98 Å². The normalized spacial score (nSPS) is 10.4. The van der Waals surface area contributed by atoms with Gasteiger partial charge in [0.05, 0.1) is 9.50 Å². The molecule has 2 nitrogen and oxygen atoms in total. The Bertz CT molecular complexity index is 557. The third kappa shape index (κ3) is 2.68. The highest BCUT2D eigenvalue weighted by Crippen LogP contribution is 2.32. The number of hydrogen-bond donors (Lipinski definition) is 0. The maximum atomic E-state index is 5.93. The Labute approximate surface area is 121 Å². The van der Waals surface area contributed by atoms with Crippen LogP contribution < -0.4 is 4.90 Å². The SMILES string of the molecule is CCN(c1ccccc1C)c1ncc(Cl)cc1Br. The molecule has 0 amide bonds. The molecule has 18 heavy (non-hydrogen) atoms. The zero-order valence-electron chi connectivity index (χ0n) is 10.3. The van der Waals surface area contributed by atoms with Crippen molar-refractivity contribution in [3.8, 4) is 0 Å². The summed E-state index contributed by atoms with van der Waals surface area (Å²) in [5.41, 5.74) is 2.39. The summed E-state index contributed by atoms with van der Waals surface area (Å²) < 4.78 is 0.903. The molecule has 0 radical (unpaired) electrons. The zero-order chi connectivity index (χ0) is 13.1. The summed E-state index contributed by atoms with van der Waals surface area (Å²) in [6.07, 6.45) is 1.67. The highest BCUT2D eigenvalue weighted by Gasteiger charge is 2.14. The lowest BCUT2D eigenvalue weighted by atomic mass is 10.2.